The van der Waals surface area contributed by atoms with Gasteiger partial charge in [0.2, 0.25) is 0 Å². The van der Waals surface area contributed by atoms with Gasteiger partial charge in [0.25, 0.3) is 5.91 Å². The van der Waals surface area contributed by atoms with Crippen molar-refractivity contribution in [3.05, 3.63) is 53.3 Å². The number of carboxylic acid groups (broad SMARTS) is 1. The number of nitrogens with zero attached hydrogens (tertiary/aromatic N) is 1. The third-order valence-electron chi connectivity index (χ3n) is 5.33. The number of likely N-dealkylation sites (tertiary alicyclic amines) is 1. The summed E-state index contributed by atoms with van der Waals surface area (Å²) in [6.07, 6.45) is 0.960. The Kier molecular flexibility index (Phi) is 5.23. The normalized spacial score (nSPS) is 22.5. The Bertz CT molecular complexity index is 846. The number of hydrogen-bond acceptors (Lipinski definition) is 4. The number of aliphatic hydroxyl groups excluding tert-OH is 1. The van der Waals surface area contributed by atoms with Crippen LogP contribution in [0.3, 0.4) is 0 Å². The highest BCUT2D eigenvalue weighted by molar-refractivity contribution is 5.96. The van der Waals surface area contributed by atoms with Crippen LogP contribution in [0.4, 0.5) is 0 Å². The van der Waals surface area contributed by atoms with Crippen LogP contribution < -0.4 is 4.74 Å². The molecule has 3 N–H and O–H groups in total. The van der Waals surface area contributed by atoms with Gasteiger partial charge in [0.1, 0.15) is 11.2 Å². The molecule has 2 atom stereocenters. The summed E-state index contributed by atoms with van der Waals surface area (Å²) in [7, 11) is 1.54. The molecule has 1 aliphatic rings. The zero-order valence-electron chi connectivity index (χ0n) is 15.4. The SMILES string of the molecule is COc1cccc(C[C@@]2(C(=O)O)CN(C(=O)c3cc[nH]c3C)CC[C@@H]2O)c1. The Morgan fingerprint density at radius 3 is 2.78 bits per heavy atom. The minimum Gasteiger partial charge on any atom is -0.497 e. The molecule has 1 fully saturated rings. The van der Waals surface area contributed by atoms with Crippen LogP contribution in [-0.2, 0) is 11.2 Å². The van der Waals surface area contributed by atoms with Crippen LogP contribution in [-0.4, -0.2) is 58.3 Å². The van der Waals surface area contributed by atoms with Gasteiger partial charge in [-0.3, -0.25) is 9.59 Å². The Morgan fingerprint density at radius 2 is 2.15 bits per heavy atom. The molecule has 7 heteroatoms. The van der Waals surface area contributed by atoms with Crippen LogP contribution >= 0.6 is 0 Å². The van der Waals surface area contributed by atoms with Gasteiger partial charge in [0, 0.05) is 25.0 Å². The van der Waals surface area contributed by atoms with Crippen molar-refractivity contribution in [2.45, 2.75) is 25.9 Å². The van der Waals surface area contributed by atoms with Gasteiger partial charge in [0.05, 0.1) is 18.8 Å². The molecule has 3 rings (SSSR count). The largest absolute Gasteiger partial charge is 0.497 e. The number of aliphatic carboxylic acids is 1. The highest BCUT2D eigenvalue weighted by atomic mass is 16.5. The molecule has 1 amide bonds. The van der Waals surface area contributed by atoms with Crippen LogP contribution in [0.15, 0.2) is 36.5 Å². The molecule has 1 aromatic carbocycles. The first-order valence-electron chi connectivity index (χ1n) is 8.85. The number of ether oxygens (including phenoxy) is 1. The number of aromatic nitrogens is 1. The maximum absolute atomic E-state index is 12.9. The van der Waals surface area contributed by atoms with Gasteiger partial charge in [-0.15, -0.1) is 0 Å². The highest BCUT2D eigenvalue weighted by Crippen LogP contribution is 2.36. The summed E-state index contributed by atoms with van der Waals surface area (Å²) in [5.74, 6) is -0.716. The molecule has 27 heavy (non-hydrogen) atoms. The topological polar surface area (TPSA) is 103 Å². The summed E-state index contributed by atoms with van der Waals surface area (Å²) in [5, 5.41) is 20.6. The number of rotatable bonds is 5. The Balaban J connectivity index is 1.91. The lowest BCUT2D eigenvalue weighted by Crippen LogP contribution is -2.58. The molecule has 0 radical (unpaired) electrons. The van der Waals surface area contributed by atoms with Crippen LogP contribution in [0.2, 0.25) is 0 Å². The lowest BCUT2D eigenvalue weighted by molar-refractivity contribution is -0.161. The van der Waals surface area contributed by atoms with E-state index >= 15 is 0 Å². The number of aromatic amines is 1. The van der Waals surface area contributed by atoms with Crippen molar-refractivity contribution < 1.29 is 24.5 Å². The van der Waals surface area contributed by atoms with Crippen LogP contribution in [0.1, 0.15) is 28.0 Å². The van der Waals surface area contributed by atoms with Gasteiger partial charge >= 0.3 is 5.97 Å². The van der Waals surface area contributed by atoms with Crippen molar-refractivity contribution in [2.24, 2.45) is 5.41 Å². The quantitative estimate of drug-likeness (QED) is 0.743. The first-order chi connectivity index (χ1) is 12.9. The zero-order chi connectivity index (χ0) is 19.6. The molecule has 0 spiro atoms. The molecule has 1 aliphatic heterocycles. The van der Waals surface area contributed by atoms with Crippen LogP contribution in [0, 0.1) is 12.3 Å². The van der Waals surface area contributed by atoms with Gasteiger partial charge in [-0.1, -0.05) is 12.1 Å². The first kappa shape index (κ1) is 19.0. The monoisotopic (exact) mass is 372 g/mol. The molecule has 2 aromatic rings. The summed E-state index contributed by atoms with van der Waals surface area (Å²) in [4.78, 5) is 29.6. The molecule has 0 aliphatic carbocycles. The molecule has 0 saturated carbocycles. The number of H-pyrrole nitrogens is 1. The van der Waals surface area contributed by atoms with E-state index in [0.29, 0.717) is 17.9 Å². The van der Waals surface area contributed by atoms with Gasteiger partial charge in [-0.25, -0.2) is 0 Å². The smallest absolute Gasteiger partial charge is 0.314 e. The maximum atomic E-state index is 12.9. The van der Waals surface area contributed by atoms with E-state index in [0.717, 1.165) is 11.3 Å². The van der Waals surface area contributed by atoms with E-state index in [2.05, 4.69) is 4.98 Å². The third-order valence-corrected chi connectivity index (χ3v) is 5.33. The molecular weight excluding hydrogens is 348 g/mol. The second kappa shape index (κ2) is 7.44. The Morgan fingerprint density at radius 1 is 1.37 bits per heavy atom. The van der Waals surface area contributed by atoms with Gasteiger partial charge in [-0.05, 0) is 43.5 Å². The average molecular weight is 372 g/mol. The van der Waals surface area contributed by atoms with E-state index in [1.54, 1.807) is 50.6 Å². The number of nitrogens with one attached hydrogen (secondary N) is 1. The number of carbonyl (C=O) groups excluding carboxylic acids is 1. The molecule has 1 saturated heterocycles. The number of aryl methyl sites for hydroxylation is 1. The fraction of sp³-hybridized carbons (Fsp3) is 0.400. The number of carbonyl (C=O) groups is 2. The van der Waals surface area contributed by atoms with E-state index in [1.165, 1.54) is 4.90 Å². The van der Waals surface area contributed by atoms with Gasteiger partial charge in [0.15, 0.2) is 0 Å². The fourth-order valence-corrected chi connectivity index (χ4v) is 3.71. The van der Waals surface area contributed by atoms with Crippen molar-refractivity contribution in [3.63, 3.8) is 0 Å². The molecule has 144 valence electrons. The second-order valence-corrected chi connectivity index (χ2v) is 7.04. The number of hydrogen-bond donors (Lipinski definition) is 3. The van der Waals surface area contributed by atoms with Crippen LogP contribution in [0.5, 0.6) is 5.75 Å². The maximum Gasteiger partial charge on any atom is 0.314 e. The van der Waals surface area contributed by atoms with E-state index < -0.39 is 17.5 Å². The van der Waals surface area contributed by atoms with Crippen molar-refractivity contribution in [1.82, 2.24) is 9.88 Å². The lowest BCUT2D eigenvalue weighted by atomic mass is 9.72. The predicted octanol–water partition coefficient (Wildman–Crippen LogP) is 1.85. The number of piperidine rings is 1. The van der Waals surface area contributed by atoms with E-state index in [9.17, 15) is 19.8 Å². The number of carboxylic acids is 1. The fourth-order valence-electron chi connectivity index (χ4n) is 3.71. The molecule has 1 aromatic heterocycles. The van der Waals surface area contributed by atoms with Crippen molar-refractivity contribution >= 4 is 11.9 Å². The Hall–Kier alpha value is -2.80. The first-order valence-corrected chi connectivity index (χ1v) is 8.85. The number of benzene rings is 1. The Labute approximate surface area is 157 Å². The highest BCUT2D eigenvalue weighted by Gasteiger charge is 2.50. The van der Waals surface area contributed by atoms with Crippen molar-refractivity contribution in [2.75, 3.05) is 20.2 Å². The summed E-state index contributed by atoms with van der Waals surface area (Å²) < 4.78 is 5.21. The minimum atomic E-state index is -1.47. The molecular formula is C20H24N2O5. The number of amides is 1. The lowest BCUT2D eigenvalue weighted by Gasteiger charge is -2.43. The summed E-state index contributed by atoms with van der Waals surface area (Å²) in [5.41, 5.74) is 0.527. The average Bonchev–Trinajstić information content (AvgIpc) is 3.09. The summed E-state index contributed by atoms with van der Waals surface area (Å²) >= 11 is 0. The number of aliphatic hydroxyl groups is 1. The predicted molar refractivity (Wildman–Crippen MR) is 98.8 cm³/mol. The van der Waals surface area contributed by atoms with Crippen LogP contribution in [0.25, 0.3) is 0 Å². The van der Waals surface area contributed by atoms with E-state index in [1.807, 2.05) is 0 Å². The number of methoxy groups -OCH3 is 1. The standard InChI is InChI=1S/C20H24N2O5/c1-13-16(6-8-21-13)18(24)22-9-7-17(23)20(12-22,19(25)26)11-14-4-3-5-15(10-14)27-2/h3-6,8,10,17,21,23H,7,9,11-12H2,1-2H3,(H,25,26)/t17-,20+/m0/s1. The molecule has 0 bridgehead atoms. The van der Waals surface area contributed by atoms with Crippen molar-refractivity contribution in [3.8, 4) is 5.75 Å². The molecule has 0 unspecified atom stereocenters. The second-order valence-electron chi connectivity index (χ2n) is 7.04. The summed E-state index contributed by atoms with van der Waals surface area (Å²) in [6, 6.07) is 8.81. The minimum absolute atomic E-state index is 0.0514. The summed E-state index contributed by atoms with van der Waals surface area (Å²) in [6.45, 7) is 2.06. The molecule has 2 heterocycles. The van der Waals surface area contributed by atoms with Gasteiger partial charge < -0.3 is 24.8 Å². The van der Waals surface area contributed by atoms with E-state index in [4.69, 9.17) is 4.74 Å². The van der Waals surface area contributed by atoms with E-state index in [-0.39, 0.29) is 25.3 Å². The zero-order valence-corrected chi connectivity index (χ0v) is 15.4. The third kappa shape index (κ3) is 3.55. The van der Waals surface area contributed by atoms with Gasteiger partial charge in [-0.2, -0.15) is 0 Å². The molecule has 7 nitrogen and oxygen atoms in total. The van der Waals surface area contributed by atoms with Crippen molar-refractivity contribution in [1.29, 1.82) is 0 Å².